The van der Waals surface area contributed by atoms with Crippen molar-refractivity contribution in [3.8, 4) is 0 Å². The van der Waals surface area contributed by atoms with Gasteiger partial charge in [0.25, 0.3) is 0 Å². The van der Waals surface area contributed by atoms with E-state index in [1.807, 2.05) is 13.0 Å². The van der Waals surface area contributed by atoms with Crippen LogP contribution in [0.1, 0.15) is 43.9 Å². The maximum atomic E-state index is 13.5. The molecule has 1 aliphatic heterocycles. The zero-order valence-corrected chi connectivity index (χ0v) is 12.1. The summed E-state index contributed by atoms with van der Waals surface area (Å²) in [6.07, 6.45) is 2.26. The van der Waals surface area contributed by atoms with E-state index >= 15 is 0 Å². The highest BCUT2D eigenvalue weighted by Gasteiger charge is 2.28. The van der Waals surface area contributed by atoms with Crippen LogP contribution in [-0.2, 0) is 4.74 Å². The van der Waals surface area contributed by atoms with Gasteiger partial charge in [0.1, 0.15) is 5.82 Å². The summed E-state index contributed by atoms with van der Waals surface area (Å²) in [6, 6.07) is 5.46. The number of aryl methyl sites for hydroxylation is 1. The summed E-state index contributed by atoms with van der Waals surface area (Å²) in [5.74, 6) is 0.252. The maximum absolute atomic E-state index is 13.5. The fourth-order valence-corrected chi connectivity index (χ4v) is 2.70. The van der Waals surface area contributed by atoms with Gasteiger partial charge in [-0.25, -0.2) is 4.39 Å². The first-order valence-electron chi connectivity index (χ1n) is 7.19. The van der Waals surface area contributed by atoms with Crippen molar-refractivity contribution in [2.24, 2.45) is 5.92 Å². The van der Waals surface area contributed by atoms with Gasteiger partial charge in [-0.1, -0.05) is 19.9 Å². The monoisotopic (exact) mass is 265 g/mol. The molecule has 0 radical (unpaired) electrons. The Balaban J connectivity index is 2.16. The molecule has 2 unspecified atom stereocenters. The van der Waals surface area contributed by atoms with Crippen molar-refractivity contribution < 1.29 is 9.13 Å². The van der Waals surface area contributed by atoms with Crippen LogP contribution >= 0.6 is 0 Å². The highest BCUT2D eigenvalue weighted by atomic mass is 19.1. The Kier molecular flexibility index (Phi) is 4.94. The van der Waals surface area contributed by atoms with Gasteiger partial charge in [0, 0.05) is 25.1 Å². The third-order valence-corrected chi connectivity index (χ3v) is 3.78. The van der Waals surface area contributed by atoms with Gasteiger partial charge in [-0.15, -0.1) is 0 Å². The predicted molar refractivity (Wildman–Crippen MR) is 75.7 cm³/mol. The number of rotatable bonds is 4. The molecule has 0 spiro atoms. The fraction of sp³-hybridized carbons (Fsp3) is 0.625. The van der Waals surface area contributed by atoms with Gasteiger partial charge >= 0.3 is 0 Å². The smallest absolute Gasteiger partial charge is 0.123 e. The molecule has 1 fully saturated rings. The lowest BCUT2D eigenvalue weighted by Crippen LogP contribution is -2.35. The second kappa shape index (κ2) is 6.49. The minimum atomic E-state index is -0.176. The van der Waals surface area contributed by atoms with Crippen molar-refractivity contribution in [1.29, 1.82) is 0 Å². The molecular formula is C16H24FNO. The topological polar surface area (TPSA) is 21.3 Å². The van der Waals surface area contributed by atoms with E-state index in [0.717, 1.165) is 37.1 Å². The molecule has 1 aliphatic rings. The normalized spacial score (nSPS) is 23.8. The van der Waals surface area contributed by atoms with Crippen LogP contribution in [0.25, 0.3) is 0 Å². The molecule has 19 heavy (non-hydrogen) atoms. The lowest BCUT2D eigenvalue weighted by atomic mass is 9.87. The second-order valence-corrected chi connectivity index (χ2v) is 5.76. The number of hydrogen-bond acceptors (Lipinski definition) is 2. The van der Waals surface area contributed by atoms with E-state index in [0.29, 0.717) is 12.0 Å². The SMILES string of the molecule is Cc1ccc(F)cc1C1OCCCC1CNC(C)C. The minimum absolute atomic E-state index is 0.0238. The predicted octanol–water partition coefficient (Wildman–Crippen LogP) is 3.60. The summed E-state index contributed by atoms with van der Waals surface area (Å²) in [7, 11) is 0. The number of hydrogen-bond donors (Lipinski definition) is 1. The minimum Gasteiger partial charge on any atom is -0.373 e. The van der Waals surface area contributed by atoms with E-state index in [1.54, 1.807) is 6.07 Å². The molecule has 0 amide bonds. The number of ether oxygens (including phenoxy) is 1. The average molecular weight is 265 g/mol. The van der Waals surface area contributed by atoms with Crippen LogP contribution in [0.3, 0.4) is 0 Å². The molecule has 3 heteroatoms. The zero-order valence-electron chi connectivity index (χ0n) is 12.1. The first-order valence-corrected chi connectivity index (χ1v) is 7.19. The van der Waals surface area contributed by atoms with Crippen molar-refractivity contribution in [3.63, 3.8) is 0 Å². The van der Waals surface area contributed by atoms with Crippen molar-refractivity contribution in [2.75, 3.05) is 13.2 Å². The fourth-order valence-electron chi connectivity index (χ4n) is 2.70. The Morgan fingerprint density at radius 1 is 1.42 bits per heavy atom. The lowest BCUT2D eigenvalue weighted by molar-refractivity contribution is -0.0287. The highest BCUT2D eigenvalue weighted by Crippen LogP contribution is 2.35. The van der Waals surface area contributed by atoms with Crippen LogP contribution in [-0.4, -0.2) is 19.2 Å². The summed E-state index contributed by atoms with van der Waals surface area (Å²) in [5, 5.41) is 3.48. The van der Waals surface area contributed by atoms with Crippen LogP contribution in [0.2, 0.25) is 0 Å². The number of nitrogens with one attached hydrogen (secondary N) is 1. The molecule has 0 bridgehead atoms. The molecule has 0 saturated carbocycles. The van der Waals surface area contributed by atoms with Crippen molar-refractivity contribution in [2.45, 2.75) is 45.8 Å². The van der Waals surface area contributed by atoms with Gasteiger partial charge in [0.15, 0.2) is 0 Å². The molecule has 106 valence electrons. The van der Waals surface area contributed by atoms with Crippen molar-refractivity contribution in [1.82, 2.24) is 5.32 Å². The van der Waals surface area contributed by atoms with Crippen molar-refractivity contribution >= 4 is 0 Å². The highest BCUT2D eigenvalue weighted by molar-refractivity contribution is 5.29. The van der Waals surface area contributed by atoms with Gasteiger partial charge in [0.05, 0.1) is 6.10 Å². The van der Waals surface area contributed by atoms with Crippen LogP contribution in [0.4, 0.5) is 4.39 Å². The summed E-state index contributed by atoms with van der Waals surface area (Å²) in [4.78, 5) is 0. The number of benzene rings is 1. The van der Waals surface area contributed by atoms with E-state index in [2.05, 4.69) is 19.2 Å². The molecule has 1 heterocycles. The van der Waals surface area contributed by atoms with Crippen LogP contribution < -0.4 is 5.32 Å². The molecule has 0 aliphatic carbocycles. The Labute approximate surface area is 115 Å². The average Bonchev–Trinajstić information content (AvgIpc) is 2.39. The molecule has 2 nitrogen and oxygen atoms in total. The third kappa shape index (κ3) is 3.77. The Morgan fingerprint density at radius 3 is 2.95 bits per heavy atom. The molecular weight excluding hydrogens is 241 g/mol. The van der Waals surface area contributed by atoms with E-state index in [4.69, 9.17) is 4.74 Å². The Bertz CT molecular complexity index is 419. The van der Waals surface area contributed by atoms with Crippen LogP contribution in [0.15, 0.2) is 18.2 Å². The molecule has 1 aromatic rings. The second-order valence-electron chi connectivity index (χ2n) is 5.76. The zero-order chi connectivity index (χ0) is 13.8. The number of halogens is 1. The molecule has 0 aromatic heterocycles. The van der Waals surface area contributed by atoms with Gasteiger partial charge in [0.2, 0.25) is 0 Å². The van der Waals surface area contributed by atoms with Crippen LogP contribution in [0, 0.1) is 18.7 Å². The summed E-state index contributed by atoms with van der Waals surface area (Å²) in [6.45, 7) is 8.02. The summed E-state index contributed by atoms with van der Waals surface area (Å²) < 4.78 is 19.4. The van der Waals surface area contributed by atoms with E-state index < -0.39 is 0 Å². The first-order chi connectivity index (χ1) is 9.08. The van der Waals surface area contributed by atoms with E-state index in [-0.39, 0.29) is 11.9 Å². The Hall–Kier alpha value is -0.930. The molecule has 2 rings (SSSR count). The van der Waals surface area contributed by atoms with Crippen molar-refractivity contribution in [3.05, 3.63) is 35.1 Å². The quantitative estimate of drug-likeness (QED) is 0.898. The van der Waals surface area contributed by atoms with Gasteiger partial charge in [-0.05, 0) is 43.0 Å². The summed E-state index contributed by atoms with van der Waals surface area (Å²) in [5.41, 5.74) is 2.12. The molecule has 1 aromatic carbocycles. The maximum Gasteiger partial charge on any atom is 0.123 e. The van der Waals surface area contributed by atoms with E-state index in [9.17, 15) is 4.39 Å². The van der Waals surface area contributed by atoms with E-state index in [1.165, 1.54) is 6.07 Å². The third-order valence-electron chi connectivity index (χ3n) is 3.78. The van der Waals surface area contributed by atoms with Gasteiger partial charge < -0.3 is 10.1 Å². The largest absolute Gasteiger partial charge is 0.373 e. The van der Waals surface area contributed by atoms with Crippen LogP contribution in [0.5, 0.6) is 0 Å². The molecule has 1 saturated heterocycles. The summed E-state index contributed by atoms with van der Waals surface area (Å²) >= 11 is 0. The lowest BCUT2D eigenvalue weighted by Gasteiger charge is -2.33. The van der Waals surface area contributed by atoms with Gasteiger partial charge in [-0.3, -0.25) is 0 Å². The standard InChI is InChI=1S/C16H24FNO/c1-11(2)18-10-13-5-4-8-19-16(13)15-9-14(17)7-6-12(15)3/h6-7,9,11,13,16,18H,4-5,8,10H2,1-3H3. The van der Waals surface area contributed by atoms with Gasteiger partial charge in [-0.2, -0.15) is 0 Å². The first kappa shape index (κ1) is 14.5. The Morgan fingerprint density at radius 2 is 2.21 bits per heavy atom. The molecule has 1 N–H and O–H groups in total. The molecule has 2 atom stereocenters.